The second-order valence-corrected chi connectivity index (χ2v) is 5.44. The summed E-state index contributed by atoms with van der Waals surface area (Å²) >= 11 is 7.06. The maximum atomic E-state index is 14.1. The Balaban J connectivity index is 2.22. The molecule has 0 radical (unpaired) electrons. The third kappa shape index (κ3) is 2.43. The van der Waals surface area contributed by atoms with Crippen molar-refractivity contribution in [1.29, 1.82) is 0 Å². The van der Waals surface area contributed by atoms with Crippen molar-refractivity contribution in [1.82, 2.24) is 4.98 Å². The van der Waals surface area contributed by atoms with Crippen LogP contribution >= 0.6 is 22.9 Å². The van der Waals surface area contributed by atoms with E-state index in [-0.39, 0.29) is 27.9 Å². The highest BCUT2D eigenvalue weighted by atomic mass is 35.5. The van der Waals surface area contributed by atoms with Crippen LogP contribution in [0, 0.1) is 5.82 Å². The van der Waals surface area contributed by atoms with E-state index in [1.807, 2.05) is 0 Å². The molecule has 0 atom stereocenters. The van der Waals surface area contributed by atoms with E-state index in [0.717, 1.165) is 0 Å². The lowest BCUT2D eigenvalue weighted by Crippen LogP contribution is -1.99. The molecule has 0 amide bonds. The molecule has 21 heavy (non-hydrogen) atoms. The number of thiophene rings is 1. The molecule has 3 aromatic rings. The minimum atomic E-state index is -1.30. The second-order valence-electron chi connectivity index (χ2n) is 4.08. The van der Waals surface area contributed by atoms with E-state index in [2.05, 4.69) is 4.98 Å². The molecule has 1 N–H and O–H groups in total. The molecule has 0 aliphatic heterocycles. The zero-order valence-electron chi connectivity index (χ0n) is 10.3. The van der Waals surface area contributed by atoms with Crippen LogP contribution in [0.5, 0.6) is 0 Å². The number of nitrogens with zero attached hydrogens (tertiary/aromatic N) is 1. The molecule has 0 fully saturated rings. The molecule has 106 valence electrons. The van der Waals surface area contributed by atoms with Crippen molar-refractivity contribution in [3.05, 3.63) is 52.2 Å². The van der Waals surface area contributed by atoms with Crippen LogP contribution in [0.4, 0.5) is 4.39 Å². The van der Waals surface area contributed by atoms with Gasteiger partial charge in [-0.2, -0.15) is 0 Å². The molecule has 4 nitrogen and oxygen atoms in total. The third-order valence-corrected chi connectivity index (χ3v) is 3.91. The van der Waals surface area contributed by atoms with Gasteiger partial charge in [-0.05, 0) is 23.6 Å². The van der Waals surface area contributed by atoms with Gasteiger partial charge >= 0.3 is 5.97 Å². The molecule has 0 aliphatic rings. The number of aromatic nitrogens is 1. The number of hydrogen-bond donors (Lipinski definition) is 1. The predicted octanol–water partition coefficient (Wildman–Crippen LogP) is 4.56. The standard InChI is InChI=1S/C14H7ClFNO3S/c15-8-4-1-3-7(10(8)16)12-11(14(18)19)17-13(20-12)9-5-2-6-21-9/h1-6H,(H,18,19). The number of halogens is 2. The summed E-state index contributed by atoms with van der Waals surface area (Å²) < 4.78 is 19.5. The quantitative estimate of drug-likeness (QED) is 0.767. The van der Waals surface area contributed by atoms with Crippen LogP contribution in [-0.4, -0.2) is 16.1 Å². The number of carboxylic acids is 1. The van der Waals surface area contributed by atoms with Crippen molar-refractivity contribution in [3.8, 4) is 22.1 Å². The third-order valence-electron chi connectivity index (χ3n) is 2.76. The van der Waals surface area contributed by atoms with E-state index >= 15 is 0 Å². The van der Waals surface area contributed by atoms with Gasteiger partial charge in [0.05, 0.1) is 15.5 Å². The summed E-state index contributed by atoms with van der Waals surface area (Å²) in [6.45, 7) is 0. The smallest absolute Gasteiger partial charge is 0.358 e. The Hall–Kier alpha value is -2.18. The van der Waals surface area contributed by atoms with Gasteiger partial charge in [-0.15, -0.1) is 11.3 Å². The molecule has 2 aromatic heterocycles. The van der Waals surface area contributed by atoms with Gasteiger partial charge in [-0.3, -0.25) is 0 Å². The van der Waals surface area contributed by atoms with Crippen LogP contribution in [0.1, 0.15) is 10.5 Å². The normalized spacial score (nSPS) is 10.8. The average Bonchev–Trinajstić information content (AvgIpc) is 3.09. The molecule has 3 rings (SSSR count). The van der Waals surface area contributed by atoms with Gasteiger partial charge in [-0.1, -0.05) is 23.7 Å². The molecule has 2 heterocycles. The molecule has 7 heteroatoms. The van der Waals surface area contributed by atoms with Crippen molar-refractivity contribution in [2.75, 3.05) is 0 Å². The van der Waals surface area contributed by atoms with Crippen LogP contribution in [0.3, 0.4) is 0 Å². The highest BCUT2D eigenvalue weighted by Gasteiger charge is 2.24. The summed E-state index contributed by atoms with van der Waals surface area (Å²) in [6.07, 6.45) is 0. The lowest BCUT2D eigenvalue weighted by molar-refractivity contribution is 0.0691. The maximum absolute atomic E-state index is 14.1. The molecule has 0 spiro atoms. The van der Waals surface area contributed by atoms with E-state index in [0.29, 0.717) is 4.88 Å². The summed E-state index contributed by atoms with van der Waals surface area (Å²) in [7, 11) is 0. The van der Waals surface area contributed by atoms with E-state index in [1.54, 1.807) is 17.5 Å². The summed E-state index contributed by atoms with van der Waals surface area (Å²) in [5, 5.41) is 10.9. The number of benzene rings is 1. The van der Waals surface area contributed by atoms with Gasteiger partial charge in [0.25, 0.3) is 0 Å². The number of aromatic carboxylic acids is 1. The fraction of sp³-hybridized carbons (Fsp3) is 0. The Morgan fingerprint density at radius 2 is 2.14 bits per heavy atom. The monoisotopic (exact) mass is 323 g/mol. The lowest BCUT2D eigenvalue weighted by Gasteiger charge is -2.01. The molecule has 1 aromatic carbocycles. The molecular weight excluding hydrogens is 317 g/mol. The Morgan fingerprint density at radius 1 is 1.33 bits per heavy atom. The fourth-order valence-electron chi connectivity index (χ4n) is 1.83. The summed E-state index contributed by atoms with van der Waals surface area (Å²) in [4.78, 5) is 15.9. The van der Waals surface area contributed by atoms with Crippen molar-refractivity contribution < 1.29 is 18.7 Å². The maximum Gasteiger partial charge on any atom is 0.358 e. The number of hydrogen-bond acceptors (Lipinski definition) is 4. The minimum Gasteiger partial charge on any atom is -0.476 e. The van der Waals surface area contributed by atoms with Crippen LogP contribution in [0.25, 0.3) is 22.1 Å². The van der Waals surface area contributed by atoms with Gasteiger partial charge in [0.2, 0.25) is 5.89 Å². The van der Waals surface area contributed by atoms with Crippen LogP contribution in [0.2, 0.25) is 5.02 Å². The SMILES string of the molecule is O=C(O)c1nc(-c2cccs2)oc1-c1cccc(Cl)c1F. The molecule has 0 unspecified atom stereocenters. The van der Waals surface area contributed by atoms with Crippen molar-refractivity contribution in [2.24, 2.45) is 0 Å². The van der Waals surface area contributed by atoms with Gasteiger partial charge in [-0.25, -0.2) is 14.2 Å². The topological polar surface area (TPSA) is 63.3 Å². The minimum absolute atomic E-state index is 0.0322. The molecule has 0 saturated heterocycles. The highest BCUT2D eigenvalue weighted by molar-refractivity contribution is 7.13. The summed E-state index contributed by atoms with van der Waals surface area (Å²) in [5.74, 6) is -2.05. The van der Waals surface area contributed by atoms with Gasteiger partial charge in [0, 0.05) is 0 Å². The first-order valence-corrected chi connectivity index (χ1v) is 7.06. The van der Waals surface area contributed by atoms with Crippen molar-refractivity contribution in [2.45, 2.75) is 0 Å². The predicted molar refractivity (Wildman–Crippen MR) is 77.2 cm³/mol. The lowest BCUT2D eigenvalue weighted by atomic mass is 10.1. The number of oxazole rings is 1. The Kier molecular flexibility index (Phi) is 3.48. The Labute approximate surface area is 127 Å². The largest absolute Gasteiger partial charge is 0.476 e. The van der Waals surface area contributed by atoms with Crippen molar-refractivity contribution in [3.63, 3.8) is 0 Å². The molecular formula is C14H7ClFNO3S. The van der Waals surface area contributed by atoms with Crippen LogP contribution in [-0.2, 0) is 0 Å². The van der Waals surface area contributed by atoms with Crippen LogP contribution in [0.15, 0.2) is 40.1 Å². The van der Waals surface area contributed by atoms with Gasteiger partial charge in [0.15, 0.2) is 17.3 Å². The Morgan fingerprint density at radius 3 is 2.81 bits per heavy atom. The molecule has 0 bridgehead atoms. The van der Waals surface area contributed by atoms with E-state index < -0.39 is 11.8 Å². The zero-order valence-corrected chi connectivity index (χ0v) is 11.9. The van der Waals surface area contributed by atoms with Gasteiger partial charge in [0.1, 0.15) is 0 Å². The van der Waals surface area contributed by atoms with Crippen molar-refractivity contribution >= 4 is 28.9 Å². The average molecular weight is 324 g/mol. The van der Waals surface area contributed by atoms with Crippen LogP contribution < -0.4 is 0 Å². The number of carboxylic acid groups (broad SMARTS) is 1. The van der Waals surface area contributed by atoms with E-state index in [4.69, 9.17) is 16.0 Å². The van der Waals surface area contributed by atoms with E-state index in [1.165, 1.54) is 29.5 Å². The first-order valence-electron chi connectivity index (χ1n) is 5.80. The first kappa shape index (κ1) is 13.8. The first-order chi connectivity index (χ1) is 10.1. The summed E-state index contributed by atoms with van der Waals surface area (Å²) in [6, 6.07) is 7.80. The fourth-order valence-corrected chi connectivity index (χ4v) is 2.66. The second kappa shape index (κ2) is 5.31. The molecule has 0 aliphatic carbocycles. The highest BCUT2D eigenvalue weighted by Crippen LogP contribution is 2.34. The zero-order chi connectivity index (χ0) is 15.0. The number of rotatable bonds is 3. The summed E-state index contributed by atoms with van der Waals surface area (Å²) in [5.41, 5.74) is -0.380. The Bertz CT molecular complexity index is 814. The van der Waals surface area contributed by atoms with Gasteiger partial charge < -0.3 is 9.52 Å². The van der Waals surface area contributed by atoms with E-state index in [9.17, 15) is 14.3 Å². The number of carbonyl (C=O) groups is 1. The molecule has 0 saturated carbocycles.